The third-order valence-corrected chi connectivity index (χ3v) is 4.55. The molecular weight excluding hydrogens is 379 g/mol. The van der Waals surface area contributed by atoms with Crippen molar-refractivity contribution < 1.29 is 4.79 Å². The Morgan fingerprint density at radius 1 is 1.24 bits per heavy atom. The minimum atomic E-state index is 0. The van der Waals surface area contributed by atoms with Gasteiger partial charge in [0.1, 0.15) is 0 Å². The van der Waals surface area contributed by atoms with Crippen molar-refractivity contribution in [3.8, 4) is 0 Å². The maximum atomic E-state index is 11.6. The molecule has 2 fully saturated rings. The fourth-order valence-electron chi connectivity index (χ4n) is 3.15. The summed E-state index contributed by atoms with van der Waals surface area (Å²) in [4.78, 5) is 17.3. The number of halogens is 1. The molecule has 1 amide bonds. The Balaban J connectivity index is 0.00000220. The van der Waals surface area contributed by atoms with E-state index >= 15 is 0 Å². The molecule has 2 saturated carbocycles. The zero-order valence-electron chi connectivity index (χ0n) is 13.4. The summed E-state index contributed by atoms with van der Waals surface area (Å²) in [7, 11) is 5.29. The number of carbonyl (C=O) groups is 1. The van der Waals surface area contributed by atoms with Crippen LogP contribution in [0.3, 0.4) is 0 Å². The molecule has 5 nitrogen and oxygen atoms in total. The Hall–Kier alpha value is -0.530. The highest BCUT2D eigenvalue weighted by molar-refractivity contribution is 14.0. The SMILES string of the molecule is CN=C(NCC(=O)N(C)C)NC1CC1C1CCCCC1.I. The molecule has 0 saturated heterocycles. The Morgan fingerprint density at radius 2 is 1.90 bits per heavy atom. The summed E-state index contributed by atoms with van der Waals surface area (Å²) >= 11 is 0. The van der Waals surface area contributed by atoms with Gasteiger partial charge in [0.25, 0.3) is 0 Å². The highest BCUT2D eigenvalue weighted by Crippen LogP contribution is 2.44. The molecule has 2 atom stereocenters. The van der Waals surface area contributed by atoms with Gasteiger partial charge >= 0.3 is 0 Å². The number of carbonyl (C=O) groups excluding carboxylic acids is 1. The summed E-state index contributed by atoms with van der Waals surface area (Å²) in [5.41, 5.74) is 0. The van der Waals surface area contributed by atoms with Crippen molar-refractivity contribution in [2.24, 2.45) is 16.8 Å². The van der Waals surface area contributed by atoms with Crippen molar-refractivity contribution in [1.29, 1.82) is 0 Å². The molecule has 2 aliphatic rings. The average molecular weight is 408 g/mol. The van der Waals surface area contributed by atoms with Gasteiger partial charge in [0.05, 0.1) is 6.54 Å². The van der Waals surface area contributed by atoms with E-state index in [1.54, 1.807) is 26.0 Å². The first kappa shape index (κ1) is 18.5. The van der Waals surface area contributed by atoms with E-state index in [-0.39, 0.29) is 29.9 Å². The third kappa shape index (κ3) is 5.64. The van der Waals surface area contributed by atoms with Gasteiger partial charge in [-0.2, -0.15) is 0 Å². The fraction of sp³-hybridized carbons (Fsp3) is 0.867. The predicted molar refractivity (Wildman–Crippen MR) is 97.1 cm³/mol. The second kappa shape index (κ2) is 8.80. The van der Waals surface area contributed by atoms with Crippen LogP contribution in [0.15, 0.2) is 4.99 Å². The first-order valence-electron chi connectivity index (χ1n) is 7.79. The van der Waals surface area contributed by atoms with Crippen molar-refractivity contribution in [3.63, 3.8) is 0 Å². The summed E-state index contributed by atoms with van der Waals surface area (Å²) in [5.74, 6) is 2.54. The van der Waals surface area contributed by atoms with Gasteiger partial charge in [-0.25, -0.2) is 0 Å². The quantitative estimate of drug-likeness (QED) is 0.424. The first-order valence-corrected chi connectivity index (χ1v) is 7.79. The van der Waals surface area contributed by atoms with E-state index in [9.17, 15) is 4.79 Å². The molecule has 21 heavy (non-hydrogen) atoms. The lowest BCUT2D eigenvalue weighted by Gasteiger charge is -2.22. The van der Waals surface area contributed by atoms with Crippen molar-refractivity contribution >= 4 is 35.8 Å². The van der Waals surface area contributed by atoms with E-state index in [1.165, 1.54) is 38.5 Å². The van der Waals surface area contributed by atoms with Crippen LogP contribution in [0.25, 0.3) is 0 Å². The third-order valence-electron chi connectivity index (χ3n) is 4.55. The lowest BCUT2D eigenvalue weighted by atomic mass is 9.85. The minimum absolute atomic E-state index is 0. The number of likely N-dealkylation sites (N-methyl/N-ethyl adjacent to an activating group) is 1. The molecule has 2 N–H and O–H groups in total. The molecule has 0 aliphatic heterocycles. The topological polar surface area (TPSA) is 56.7 Å². The number of aliphatic imine (C=N–C) groups is 1. The number of hydrogen-bond acceptors (Lipinski definition) is 2. The van der Waals surface area contributed by atoms with E-state index in [4.69, 9.17) is 0 Å². The lowest BCUT2D eigenvalue weighted by Crippen LogP contribution is -2.44. The monoisotopic (exact) mass is 408 g/mol. The van der Waals surface area contributed by atoms with Crippen LogP contribution in [0.2, 0.25) is 0 Å². The van der Waals surface area contributed by atoms with E-state index in [0.717, 1.165) is 17.8 Å². The summed E-state index contributed by atoms with van der Waals surface area (Å²) in [6.45, 7) is 0.299. The molecule has 0 bridgehead atoms. The van der Waals surface area contributed by atoms with Crippen molar-refractivity contribution in [2.45, 2.75) is 44.6 Å². The second-order valence-corrected chi connectivity index (χ2v) is 6.26. The van der Waals surface area contributed by atoms with Crippen molar-refractivity contribution in [1.82, 2.24) is 15.5 Å². The Morgan fingerprint density at radius 3 is 2.48 bits per heavy atom. The largest absolute Gasteiger partial charge is 0.353 e. The molecule has 122 valence electrons. The average Bonchev–Trinajstić information content (AvgIpc) is 3.23. The summed E-state index contributed by atoms with van der Waals surface area (Å²) in [5, 5.41) is 6.54. The number of hydrogen-bond donors (Lipinski definition) is 2. The molecule has 2 aliphatic carbocycles. The van der Waals surface area contributed by atoms with E-state index < -0.39 is 0 Å². The summed E-state index contributed by atoms with van der Waals surface area (Å²) < 4.78 is 0. The van der Waals surface area contributed by atoms with E-state index in [1.807, 2.05) is 0 Å². The van der Waals surface area contributed by atoms with Gasteiger partial charge in [0.2, 0.25) is 5.91 Å². The van der Waals surface area contributed by atoms with Crippen LogP contribution in [0.5, 0.6) is 0 Å². The number of nitrogens with zero attached hydrogens (tertiary/aromatic N) is 2. The highest BCUT2D eigenvalue weighted by Gasteiger charge is 2.43. The molecule has 0 aromatic heterocycles. The van der Waals surface area contributed by atoms with Crippen LogP contribution < -0.4 is 10.6 Å². The van der Waals surface area contributed by atoms with Gasteiger partial charge in [-0.1, -0.05) is 32.1 Å². The molecular formula is C15H29IN4O. The van der Waals surface area contributed by atoms with Crippen LogP contribution in [0, 0.1) is 11.8 Å². The van der Waals surface area contributed by atoms with Crippen LogP contribution in [-0.4, -0.2) is 50.5 Å². The molecule has 0 aromatic rings. The van der Waals surface area contributed by atoms with Gasteiger partial charge in [-0.3, -0.25) is 9.79 Å². The first-order chi connectivity index (χ1) is 9.61. The molecule has 0 radical (unpaired) electrons. The lowest BCUT2D eigenvalue weighted by molar-refractivity contribution is -0.127. The van der Waals surface area contributed by atoms with Gasteiger partial charge in [0, 0.05) is 27.2 Å². The Bertz CT molecular complexity index is 367. The highest BCUT2D eigenvalue weighted by atomic mass is 127. The maximum Gasteiger partial charge on any atom is 0.241 e. The van der Waals surface area contributed by atoms with Crippen LogP contribution in [-0.2, 0) is 4.79 Å². The van der Waals surface area contributed by atoms with Crippen LogP contribution >= 0.6 is 24.0 Å². The van der Waals surface area contributed by atoms with E-state index in [2.05, 4.69) is 15.6 Å². The predicted octanol–water partition coefficient (Wildman–Crippen LogP) is 1.83. The number of nitrogens with one attached hydrogen (secondary N) is 2. The zero-order valence-corrected chi connectivity index (χ0v) is 15.7. The van der Waals surface area contributed by atoms with Crippen molar-refractivity contribution in [2.75, 3.05) is 27.7 Å². The van der Waals surface area contributed by atoms with Gasteiger partial charge in [0.15, 0.2) is 5.96 Å². The maximum absolute atomic E-state index is 11.6. The molecule has 6 heteroatoms. The van der Waals surface area contributed by atoms with Crippen LogP contribution in [0.1, 0.15) is 38.5 Å². The molecule has 2 unspecified atom stereocenters. The zero-order chi connectivity index (χ0) is 14.5. The number of rotatable bonds is 4. The van der Waals surface area contributed by atoms with E-state index in [0.29, 0.717) is 12.6 Å². The molecule has 0 heterocycles. The molecule has 0 aromatic carbocycles. The minimum Gasteiger partial charge on any atom is -0.353 e. The normalized spacial score (nSPS) is 25.8. The summed E-state index contributed by atoms with van der Waals surface area (Å²) in [6.07, 6.45) is 8.27. The van der Waals surface area contributed by atoms with Gasteiger partial charge in [-0.15, -0.1) is 24.0 Å². The van der Waals surface area contributed by atoms with Crippen LogP contribution in [0.4, 0.5) is 0 Å². The Labute approximate surface area is 145 Å². The number of amides is 1. The van der Waals surface area contributed by atoms with Gasteiger partial charge < -0.3 is 15.5 Å². The molecule has 0 spiro atoms. The van der Waals surface area contributed by atoms with Crippen molar-refractivity contribution in [3.05, 3.63) is 0 Å². The summed E-state index contributed by atoms with van der Waals surface area (Å²) in [6, 6.07) is 0.554. The smallest absolute Gasteiger partial charge is 0.241 e. The Kier molecular flexibility index (Phi) is 7.76. The number of guanidine groups is 1. The fourth-order valence-corrected chi connectivity index (χ4v) is 3.15. The second-order valence-electron chi connectivity index (χ2n) is 6.26. The van der Waals surface area contributed by atoms with Gasteiger partial charge in [-0.05, 0) is 18.3 Å². The molecule has 2 rings (SSSR count). The standard InChI is InChI=1S/C15H28N4O.HI/c1-16-15(17-10-14(20)19(2)3)18-13-9-12(13)11-7-5-4-6-8-11;/h11-13H,4-10H2,1-3H3,(H2,16,17,18);1H.